The molecule has 3 rings (SSSR count). The number of ether oxygens (including phenoxy) is 1. The third kappa shape index (κ3) is 6.21. The van der Waals surface area contributed by atoms with Gasteiger partial charge in [-0.3, -0.25) is 0 Å². The molecular weight excluding hydrogens is 340 g/mol. The van der Waals surface area contributed by atoms with Crippen molar-refractivity contribution in [3.05, 3.63) is 59.7 Å². The van der Waals surface area contributed by atoms with E-state index in [1.54, 1.807) is 0 Å². The molecule has 2 atom stereocenters. The van der Waals surface area contributed by atoms with Gasteiger partial charge in [0.1, 0.15) is 0 Å². The van der Waals surface area contributed by atoms with Crippen molar-refractivity contribution in [3.63, 3.8) is 0 Å². The van der Waals surface area contributed by atoms with Crippen LogP contribution >= 0.6 is 0 Å². The second-order valence-corrected chi connectivity index (χ2v) is 8.54. The van der Waals surface area contributed by atoms with Crippen molar-refractivity contribution in [2.75, 3.05) is 6.61 Å². The van der Waals surface area contributed by atoms with Crippen LogP contribution in [-0.2, 0) is 11.2 Å². The van der Waals surface area contributed by atoms with Crippen LogP contribution in [0.4, 0.5) is 0 Å². The summed E-state index contributed by atoms with van der Waals surface area (Å²) in [7, 11) is 0. The summed E-state index contributed by atoms with van der Waals surface area (Å²) in [5, 5.41) is 0. The van der Waals surface area contributed by atoms with Gasteiger partial charge in [0.2, 0.25) is 0 Å². The highest BCUT2D eigenvalue weighted by Crippen LogP contribution is 2.33. The van der Waals surface area contributed by atoms with Crippen LogP contribution < -0.4 is 0 Å². The molecular formula is C27H38O. The zero-order valence-corrected chi connectivity index (χ0v) is 18.0. The molecule has 0 aromatic heterocycles. The van der Waals surface area contributed by atoms with Crippen LogP contribution in [-0.4, -0.2) is 6.61 Å². The van der Waals surface area contributed by atoms with Crippen LogP contribution in [0.3, 0.4) is 0 Å². The average Bonchev–Trinajstić information content (AvgIpc) is 2.75. The molecule has 0 aliphatic carbocycles. The minimum Gasteiger partial charge on any atom is -0.373 e. The van der Waals surface area contributed by atoms with E-state index in [1.807, 2.05) is 0 Å². The molecule has 0 amide bonds. The van der Waals surface area contributed by atoms with Gasteiger partial charge in [0, 0.05) is 0 Å². The second-order valence-electron chi connectivity index (χ2n) is 8.54. The van der Waals surface area contributed by atoms with Crippen molar-refractivity contribution in [3.8, 4) is 11.1 Å². The van der Waals surface area contributed by atoms with Gasteiger partial charge in [0.25, 0.3) is 0 Å². The molecule has 1 saturated heterocycles. The van der Waals surface area contributed by atoms with Crippen molar-refractivity contribution in [1.82, 2.24) is 0 Å². The molecule has 1 nitrogen and oxygen atoms in total. The molecule has 1 aliphatic heterocycles. The van der Waals surface area contributed by atoms with Crippen LogP contribution in [0.5, 0.6) is 0 Å². The monoisotopic (exact) mass is 378 g/mol. The number of aryl methyl sites for hydroxylation is 1. The summed E-state index contributed by atoms with van der Waals surface area (Å²) in [6.45, 7) is 5.47. The van der Waals surface area contributed by atoms with E-state index in [1.165, 1.54) is 80.0 Å². The van der Waals surface area contributed by atoms with Crippen molar-refractivity contribution in [2.45, 2.75) is 84.2 Å². The molecule has 1 heteroatoms. The summed E-state index contributed by atoms with van der Waals surface area (Å²) in [5.41, 5.74) is 5.42. The highest BCUT2D eigenvalue weighted by molar-refractivity contribution is 5.64. The molecule has 0 bridgehead atoms. The Hall–Kier alpha value is -1.60. The van der Waals surface area contributed by atoms with Gasteiger partial charge in [0.15, 0.2) is 0 Å². The van der Waals surface area contributed by atoms with Gasteiger partial charge in [-0.2, -0.15) is 0 Å². The Morgan fingerprint density at radius 1 is 0.750 bits per heavy atom. The highest BCUT2D eigenvalue weighted by Gasteiger charge is 2.22. The number of hydrogen-bond acceptors (Lipinski definition) is 1. The molecule has 1 fully saturated rings. The first kappa shape index (κ1) is 21.1. The Morgan fingerprint density at radius 2 is 1.43 bits per heavy atom. The van der Waals surface area contributed by atoms with E-state index in [-0.39, 0.29) is 6.10 Å². The molecule has 28 heavy (non-hydrogen) atoms. The molecule has 0 spiro atoms. The summed E-state index contributed by atoms with van der Waals surface area (Å²) >= 11 is 0. The van der Waals surface area contributed by atoms with E-state index in [4.69, 9.17) is 4.74 Å². The van der Waals surface area contributed by atoms with Gasteiger partial charge in [-0.25, -0.2) is 0 Å². The van der Waals surface area contributed by atoms with Crippen LogP contribution in [0, 0.1) is 5.92 Å². The topological polar surface area (TPSA) is 9.23 Å². The Bertz CT molecular complexity index is 662. The van der Waals surface area contributed by atoms with E-state index in [9.17, 15) is 0 Å². The third-order valence-electron chi connectivity index (χ3n) is 6.21. The lowest BCUT2D eigenvalue weighted by Gasteiger charge is -2.29. The number of benzene rings is 2. The molecule has 0 N–H and O–H groups in total. The van der Waals surface area contributed by atoms with E-state index in [0.29, 0.717) is 0 Å². The Balaban J connectivity index is 1.51. The van der Waals surface area contributed by atoms with Crippen LogP contribution in [0.15, 0.2) is 48.5 Å². The standard InChI is InChI=1S/C27H38O/c1-3-5-6-7-8-10-22-11-14-24(15-12-22)25-16-18-26(19-17-25)27-20-13-23(9-4-2)21-28-27/h11-12,14-19,23,27H,3-10,13,20-21H2,1-2H3. The fourth-order valence-electron chi connectivity index (χ4n) is 4.39. The Labute approximate surface area is 172 Å². The lowest BCUT2D eigenvalue weighted by molar-refractivity contribution is -0.0194. The maximum Gasteiger partial charge on any atom is 0.0825 e. The molecule has 1 aliphatic rings. The second kappa shape index (κ2) is 11.4. The largest absolute Gasteiger partial charge is 0.373 e. The van der Waals surface area contributed by atoms with Gasteiger partial charge in [-0.15, -0.1) is 0 Å². The third-order valence-corrected chi connectivity index (χ3v) is 6.21. The first-order chi connectivity index (χ1) is 13.8. The van der Waals surface area contributed by atoms with Gasteiger partial charge in [-0.1, -0.05) is 94.5 Å². The van der Waals surface area contributed by atoms with Crippen LogP contribution in [0.2, 0.25) is 0 Å². The molecule has 2 unspecified atom stereocenters. The summed E-state index contributed by atoms with van der Waals surface area (Å²) in [5.74, 6) is 0.769. The minimum atomic E-state index is 0.289. The predicted molar refractivity (Wildman–Crippen MR) is 121 cm³/mol. The number of hydrogen-bond donors (Lipinski definition) is 0. The Kier molecular flexibility index (Phi) is 8.61. The summed E-state index contributed by atoms with van der Waals surface area (Å²) < 4.78 is 6.15. The summed E-state index contributed by atoms with van der Waals surface area (Å²) in [4.78, 5) is 0. The Morgan fingerprint density at radius 3 is 2.04 bits per heavy atom. The first-order valence-electron chi connectivity index (χ1n) is 11.6. The van der Waals surface area contributed by atoms with Crippen molar-refractivity contribution in [2.24, 2.45) is 5.92 Å². The van der Waals surface area contributed by atoms with Crippen molar-refractivity contribution in [1.29, 1.82) is 0 Å². The minimum absolute atomic E-state index is 0.289. The van der Waals surface area contributed by atoms with E-state index < -0.39 is 0 Å². The molecule has 0 radical (unpaired) electrons. The molecule has 0 saturated carbocycles. The maximum atomic E-state index is 6.15. The van der Waals surface area contributed by atoms with Gasteiger partial charge in [0.05, 0.1) is 12.7 Å². The lowest BCUT2D eigenvalue weighted by atomic mass is 9.91. The SMILES string of the molecule is CCCCCCCc1ccc(-c2ccc(C3CCC(CCC)CO3)cc2)cc1. The fraction of sp³-hybridized carbons (Fsp3) is 0.556. The van der Waals surface area contributed by atoms with Crippen molar-refractivity contribution < 1.29 is 4.74 Å². The van der Waals surface area contributed by atoms with E-state index >= 15 is 0 Å². The van der Waals surface area contributed by atoms with Crippen molar-refractivity contribution >= 4 is 0 Å². The quantitative estimate of drug-likeness (QED) is 0.379. The first-order valence-corrected chi connectivity index (χ1v) is 11.6. The zero-order chi connectivity index (χ0) is 19.6. The zero-order valence-electron chi connectivity index (χ0n) is 18.0. The summed E-state index contributed by atoms with van der Waals surface area (Å²) in [6.07, 6.45) is 13.3. The lowest BCUT2D eigenvalue weighted by Crippen LogP contribution is -2.20. The normalized spacial score (nSPS) is 19.6. The fourth-order valence-corrected chi connectivity index (χ4v) is 4.39. The number of rotatable bonds is 10. The molecule has 1 heterocycles. The maximum absolute atomic E-state index is 6.15. The van der Waals surface area contributed by atoms with Crippen LogP contribution in [0.1, 0.15) is 88.9 Å². The van der Waals surface area contributed by atoms with Gasteiger partial charge >= 0.3 is 0 Å². The van der Waals surface area contributed by atoms with Gasteiger partial charge < -0.3 is 4.74 Å². The van der Waals surface area contributed by atoms with Crippen LogP contribution in [0.25, 0.3) is 11.1 Å². The number of unbranched alkanes of at least 4 members (excludes halogenated alkanes) is 4. The van der Waals surface area contributed by atoms with Gasteiger partial charge in [-0.05, 0) is 60.3 Å². The highest BCUT2D eigenvalue weighted by atomic mass is 16.5. The molecule has 152 valence electrons. The van der Waals surface area contributed by atoms with E-state index in [0.717, 1.165) is 18.9 Å². The smallest absolute Gasteiger partial charge is 0.0825 e. The van der Waals surface area contributed by atoms with E-state index in [2.05, 4.69) is 62.4 Å². The average molecular weight is 379 g/mol. The predicted octanol–water partition coefficient (Wildman–Crippen LogP) is 8.13. The summed E-state index contributed by atoms with van der Waals surface area (Å²) in [6, 6.07) is 18.2. The molecule has 2 aromatic carbocycles. The molecule has 2 aromatic rings.